The third kappa shape index (κ3) is 3.83. The molecule has 0 unspecified atom stereocenters. The van der Waals surface area contributed by atoms with Gasteiger partial charge in [-0.05, 0) is 6.07 Å². The molecule has 14 nitrogen and oxygen atoms in total. The summed E-state index contributed by atoms with van der Waals surface area (Å²) in [7, 11) is 0. The summed E-state index contributed by atoms with van der Waals surface area (Å²) in [4.78, 5) is 46.3. The zero-order valence-electron chi connectivity index (χ0n) is 15.3. The number of nitrogens with two attached hydrogens (primary N) is 1. The lowest BCUT2D eigenvalue weighted by molar-refractivity contribution is -0.152. The van der Waals surface area contributed by atoms with Crippen molar-refractivity contribution in [3.05, 3.63) is 41.0 Å². The maximum absolute atomic E-state index is 12.2. The van der Waals surface area contributed by atoms with Gasteiger partial charge in [0.15, 0.2) is 24.3 Å². The fraction of sp³-hybridized carbons (Fsp3) is 0.438. The van der Waals surface area contributed by atoms with E-state index in [1.54, 1.807) is 11.7 Å². The van der Waals surface area contributed by atoms with E-state index in [4.69, 9.17) is 29.9 Å². The predicted molar refractivity (Wildman–Crippen MR) is 94.2 cm³/mol. The Kier molecular flexibility index (Phi) is 5.35. The summed E-state index contributed by atoms with van der Waals surface area (Å²) >= 11 is 0. The van der Waals surface area contributed by atoms with Crippen LogP contribution < -0.4 is 16.9 Å². The van der Waals surface area contributed by atoms with Gasteiger partial charge in [-0.1, -0.05) is 0 Å². The maximum Gasteiger partial charge on any atom is 0.509 e. The minimum absolute atomic E-state index is 0.0674. The van der Waals surface area contributed by atoms with Crippen molar-refractivity contribution < 1.29 is 33.7 Å². The van der Waals surface area contributed by atoms with Crippen molar-refractivity contribution in [1.82, 2.24) is 19.5 Å². The molecule has 0 spiro atoms. The second kappa shape index (κ2) is 8.10. The first-order chi connectivity index (χ1) is 14.5. The summed E-state index contributed by atoms with van der Waals surface area (Å²) in [6, 6.07) is 0.380. The molecule has 0 aliphatic carbocycles. The van der Waals surface area contributed by atoms with E-state index in [-0.39, 0.29) is 18.8 Å². The number of carbonyl (C=O) groups excluding carboxylic acids is 2. The summed E-state index contributed by atoms with van der Waals surface area (Å²) < 4.78 is 22.3. The minimum Gasteiger partial charge on any atom is -0.462 e. The number of hydrogen-bond donors (Lipinski definition) is 4. The van der Waals surface area contributed by atoms with Crippen molar-refractivity contribution in [2.24, 2.45) is 5.73 Å². The first-order valence-corrected chi connectivity index (χ1v) is 8.87. The zero-order chi connectivity index (χ0) is 21.3. The Labute approximate surface area is 167 Å². The van der Waals surface area contributed by atoms with Crippen molar-refractivity contribution in [2.45, 2.75) is 37.0 Å². The van der Waals surface area contributed by atoms with Gasteiger partial charge in [0.05, 0.1) is 6.33 Å². The highest BCUT2D eigenvalue weighted by Crippen LogP contribution is 2.37. The van der Waals surface area contributed by atoms with Gasteiger partial charge < -0.3 is 29.7 Å². The van der Waals surface area contributed by atoms with Gasteiger partial charge >= 0.3 is 17.8 Å². The van der Waals surface area contributed by atoms with Crippen molar-refractivity contribution in [2.75, 3.05) is 12.1 Å². The van der Waals surface area contributed by atoms with Crippen LogP contribution in [0.3, 0.4) is 0 Å². The number of H-pyrrole nitrogens is 1. The van der Waals surface area contributed by atoms with Crippen molar-refractivity contribution >= 4 is 17.9 Å². The van der Waals surface area contributed by atoms with Gasteiger partial charge in [0, 0.05) is 24.5 Å². The Morgan fingerprint density at radius 3 is 2.90 bits per heavy atom. The molecule has 2 aromatic heterocycles. The third-order valence-corrected chi connectivity index (χ3v) is 4.66. The first kappa shape index (κ1) is 19.8. The number of ether oxygens (including phenoxy) is 4. The van der Waals surface area contributed by atoms with E-state index in [1.165, 1.54) is 18.6 Å². The fourth-order valence-electron chi connectivity index (χ4n) is 3.24. The topological polar surface area (TPSA) is 193 Å². The second-order valence-corrected chi connectivity index (χ2v) is 6.61. The standard InChI is InChI=1S/C16H18N6O8/c17-8(3-7-4-18-6-19-7)14(23)27-5-9-11-12(30-16(25)29-11)13(28-9)22-2-1-10(21-26)20-15(22)24/h1-2,4,6,8-9,11-13,26H,3,5,17H2,(H,18,19)(H,20,21,24)/t8-,9+,11+,12+,13+/m0/s1. The highest BCUT2D eigenvalue weighted by molar-refractivity contribution is 5.75. The number of anilines is 1. The Morgan fingerprint density at radius 1 is 1.40 bits per heavy atom. The van der Waals surface area contributed by atoms with Gasteiger partial charge in [-0.25, -0.2) is 14.6 Å². The number of nitrogens with one attached hydrogen (secondary N) is 2. The summed E-state index contributed by atoms with van der Waals surface area (Å²) in [5, 5.41) is 8.85. The number of imidazole rings is 1. The molecule has 30 heavy (non-hydrogen) atoms. The van der Waals surface area contributed by atoms with Gasteiger partial charge in [0.25, 0.3) is 0 Å². The fourth-order valence-corrected chi connectivity index (χ4v) is 3.24. The second-order valence-electron chi connectivity index (χ2n) is 6.61. The lowest BCUT2D eigenvalue weighted by atomic mass is 10.1. The van der Waals surface area contributed by atoms with Crippen LogP contribution in [-0.2, 0) is 30.2 Å². The summed E-state index contributed by atoms with van der Waals surface area (Å²) in [6.07, 6.45) is -0.224. The number of carbonyl (C=O) groups is 2. The largest absolute Gasteiger partial charge is 0.509 e. The van der Waals surface area contributed by atoms with E-state index in [0.717, 1.165) is 4.57 Å². The van der Waals surface area contributed by atoms with Gasteiger partial charge in [-0.2, -0.15) is 4.98 Å². The van der Waals surface area contributed by atoms with Gasteiger partial charge in [-0.15, -0.1) is 0 Å². The molecule has 2 aromatic rings. The summed E-state index contributed by atoms with van der Waals surface area (Å²) in [5.41, 5.74) is 7.50. The normalized spacial score (nSPS) is 25.9. The molecule has 2 fully saturated rings. The molecule has 2 aliphatic rings. The van der Waals surface area contributed by atoms with E-state index in [0.29, 0.717) is 5.69 Å². The molecular formula is C16H18N6O8. The van der Waals surface area contributed by atoms with Crippen LogP contribution in [0, 0.1) is 0 Å². The van der Waals surface area contributed by atoms with E-state index in [9.17, 15) is 14.4 Å². The van der Waals surface area contributed by atoms with Gasteiger partial charge in [0.1, 0.15) is 18.8 Å². The molecule has 14 heteroatoms. The van der Waals surface area contributed by atoms with E-state index in [1.807, 2.05) is 0 Å². The Hall–Kier alpha value is -3.49. The van der Waals surface area contributed by atoms with E-state index < -0.39 is 48.4 Å². The summed E-state index contributed by atoms with van der Waals surface area (Å²) in [5.74, 6) is -0.752. The lowest BCUT2D eigenvalue weighted by Gasteiger charge is -2.19. The molecule has 160 valence electrons. The molecule has 0 radical (unpaired) electrons. The van der Waals surface area contributed by atoms with Crippen LogP contribution in [0.25, 0.3) is 0 Å². The van der Waals surface area contributed by atoms with E-state index in [2.05, 4.69) is 15.0 Å². The SMILES string of the molecule is N[C@@H](Cc1cnc[nH]1)C(=O)OC[C@H]1O[C@@H](n2ccc(NO)nc2=O)[C@@H]2OC(=O)O[C@@H]21. The average Bonchev–Trinajstić information content (AvgIpc) is 3.44. The van der Waals surface area contributed by atoms with Crippen molar-refractivity contribution in [3.63, 3.8) is 0 Å². The Balaban J connectivity index is 1.43. The van der Waals surface area contributed by atoms with Crippen LogP contribution in [-0.4, -0.2) is 67.8 Å². The predicted octanol–water partition coefficient (Wildman–Crippen LogP) is -1.32. The number of fused-ring (bicyclic) bond motifs is 1. The van der Waals surface area contributed by atoms with Crippen LogP contribution in [0.1, 0.15) is 11.9 Å². The van der Waals surface area contributed by atoms with Crippen molar-refractivity contribution in [3.8, 4) is 0 Å². The van der Waals surface area contributed by atoms with Crippen LogP contribution in [0.4, 0.5) is 10.6 Å². The molecular weight excluding hydrogens is 404 g/mol. The number of esters is 1. The molecule has 0 aromatic carbocycles. The molecule has 5 atom stereocenters. The maximum atomic E-state index is 12.2. The van der Waals surface area contributed by atoms with Crippen molar-refractivity contribution in [1.29, 1.82) is 0 Å². The Morgan fingerprint density at radius 2 is 2.20 bits per heavy atom. The molecule has 0 amide bonds. The highest BCUT2D eigenvalue weighted by Gasteiger charge is 2.55. The minimum atomic E-state index is -1.06. The third-order valence-electron chi connectivity index (χ3n) is 4.66. The number of nitrogens with zero attached hydrogens (tertiary/aromatic N) is 3. The molecule has 0 saturated carbocycles. The number of hydrogen-bond acceptors (Lipinski definition) is 12. The van der Waals surface area contributed by atoms with Crippen LogP contribution in [0.15, 0.2) is 29.6 Å². The number of aromatic nitrogens is 4. The number of rotatable bonds is 7. The van der Waals surface area contributed by atoms with E-state index >= 15 is 0 Å². The molecule has 2 aliphatic heterocycles. The highest BCUT2D eigenvalue weighted by atomic mass is 16.8. The quantitative estimate of drug-likeness (QED) is 0.304. The molecule has 4 rings (SSSR count). The van der Waals surface area contributed by atoms with Crippen LogP contribution in [0.5, 0.6) is 0 Å². The Bertz CT molecular complexity index is 978. The zero-order valence-corrected chi connectivity index (χ0v) is 15.3. The molecule has 4 heterocycles. The number of aromatic amines is 1. The van der Waals surface area contributed by atoms with Crippen LogP contribution >= 0.6 is 0 Å². The van der Waals surface area contributed by atoms with Gasteiger partial charge in [-0.3, -0.25) is 20.0 Å². The lowest BCUT2D eigenvalue weighted by Crippen LogP contribution is -2.38. The molecule has 5 N–H and O–H groups in total. The first-order valence-electron chi connectivity index (χ1n) is 8.87. The monoisotopic (exact) mass is 422 g/mol. The molecule has 0 bridgehead atoms. The van der Waals surface area contributed by atoms with Gasteiger partial charge in [0.2, 0.25) is 0 Å². The smallest absolute Gasteiger partial charge is 0.462 e. The van der Waals surface area contributed by atoms with Crippen LogP contribution in [0.2, 0.25) is 0 Å². The summed E-state index contributed by atoms with van der Waals surface area (Å²) in [6.45, 7) is -0.276. The average molecular weight is 422 g/mol. The molecule has 2 saturated heterocycles.